The van der Waals surface area contributed by atoms with E-state index in [1.165, 1.54) is 11.8 Å². The molecule has 0 radical (unpaired) electrons. The number of carbonyl (C=O) groups is 2. The first-order chi connectivity index (χ1) is 14.0. The minimum absolute atomic E-state index is 0.0620. The number of Topliss-reactive ketones (excluding diaryl/α,β-unsaturated/α-hetero) is 1. The van der Waals surface area contributed by atoms with Gasteiger partial charge in [-0.25, -0.2) is 4.98 Å². The molecule has 0 bridgehead atoms. The van der Waals surface area contributed by atoms with E-state index in [-0.39, 0.29) is 23.7 Å². The number of thioether (sulfide) groups is 1. The second-order valence-corrected chi connectivity index (χ2v) is 8.36. The van der Waals surface area contributed by atoms with Crippen molar-refractivity contribution in [2.75, 3.05) is 11.5 Å². The van der Waals surface area contributed by atoms with Crippen LogP contribution < -0.4 is 0 Å². The van der Waals surface area contributed by atoms with E-state index in [1.54, 1.807) is 12.3 Å². The zero-order valence-corrected chi connectivity index (χ0v) is 18.4. The van der Waals surface area contributed by atoms with Gasteiger partial charge in [0.25, 0.3) is 0 Å². The van der Waals surface area contributed by atoms with Crippen LogP contribution in [0.25, 0.3) is 16.5 Å². The fourth-order valence-corrected chi connectivity index (χ4v) is 4.64. The number of aromatic nitrogens is 2. The summed E-state index contributed by atoms with van der Waals surface area (Å²) in [6, 6.07) is 13.4. The molecule has 3 rings (SSSR count). The van der Waals surface area contributed by atoms with Gasteiger partial charge < -0.3 is 5.11 Å². The topological polar surface area (TPSA) is 96.0 Å². The Labute approximate surface area is 185 Å². The standard InChI is InChI=1S/C20H16BrN3O3S2/c21-18-9-23-20(29-11-14(25)7-13(10-28)19(26)27)24(18)17-6-5-12(8-22)15-3-1-2-4-16(15)17/h1-6,9,13,28H,7,10-11H2,(H,26,27). The molecular formula is C20H16BrN3O3S2. The molecule has 0 aliphatic heterocycles. The molecule has 1 N–H and O–H groups in total. The molecular weight excluding hydrogens is 474 g/mol. The zero-order chi connectivity index (χ0) is 21.0. The molecule has 0 aliphatic carbocycles. The lowest BCUT2D eigenvalue weighted by Gasteiger charge is -2.13. The predicted molar refractivity (Wildman–Crippen MR) is 119 cm³/mol. The average Bonchev–Trinajstić information content (AvgIpc) is 3.09. The lowest BCUT2D eigenvalue weighted by molar-refractivity contribution is -0.142. The number of nitrogens with zero attached hydrogens (tertiary/aromatic N) is 3. The lowest BCUT2D eigenvalue weighted by Crippen LogP contribution is -2.20. The summed E-state index contributed by atoms with van der Waals surface area (Å²) in [7, 11) is 0. The molecule has 0 fully saturated rings. The Morgan fingerprint density at radius 1 is 1.28 bits per heavy atom. The Kier molecular flexibility index (Phi) is 7.00. The van der Waals surface area contributed by atoms with Crippen LogP contribution in [0.15, 0.2) is 52.4 Å². The highest BCUT2D eigenvalue weighted by molar-refractivity contribution is 9.10. The maximum absolute atomic E-state index is 12.2. The number of ketones is 1. The van der Waals surface area contributed by atoms with E-state index in [4.69, 9.17) is 5.11 Å². The number of nitriles is 1. The molecule has 1 heterocycles. The Hall–Kier alpha value is -2.28. The highest BCUT2D eigenvalue weighted by Gasteiger charge is 2.21. The van der Waals surface area contributed by atoms with Crippen molar-refractivity contribution in [1.82, 2.24) is 9.55 Å². The van der Waals surface area contributed by atoms with Crippen molar-refractivity contribution in [3.05, 3.63) is 52.8 Å². The summed E-state index contributed by atoms with van der Waals surface area (Å²) in [5.74, 6) is -1.77. The van der Waals surface area contributed by atoms with Gasteiger partial charge in [0.15, 0.2) is 5.16 Å². The van der Waals surface area contributed by atoms with Crippen LogP contribution in [-0.2, 0) is 9.59 Å². The largest absolute Gasteiger partial charge is 0.481 e. The van der Waals surface area contributed by atoms with Crippen molar-refractivity contribution in [1.29, 1.82) is 5.26 Å². The van der Waals surface area contributed by atoms with Crippen molar-refractivity contribution in [2.45, 2.75) is 11.6 Å². The predicted octanol–water partition coefficient (Wildman–Crippen LogP) is 4.34. The number of rotatable bonds is 8. The molecule has 9 heteroatoms. The number of halogens is 1. The number of carbonyl (C=O) groups excluding carboxylic acids is 1. The maximum atomic E-state index is 12.2. The van der Waals surface area contributed by atoms with Gasteiger partial charge in [-0.2, -0.15) is 17.9 Å². The molecule has 3 aromatic rings. The normalized spacial score (nSPS) is 11.9. The van der Waals surface area contributed by atoms with Crippen LogP contribution in [-0.4, -0.2) is 37.9 Å². The van der Waals surface area contributed by atoms with E-state index in [9.17, 15) is 14.9 Å². The van der Waals surface area contributed by atoms with Crippen LogP contribution in [0, 0.1) is 17.2 Å². The Balaban J connectivity index is 1.90. The van der Waals surface area contributed by atoms with Crippen molar-refractivity contribution >= 4 is 62.8 Å². The summed E-state index contributed by atoms with van der Waals surface area (Å²) in [5.41, 5.74) is 1.41. The molecule has 29 heavy (non-hydrogen) atoms. The van der Waals surface area contributed by atoms with E-state index >= 15 is 0 Å². The smallest absolute Gasteiger partial charge is 0.307 e. The third kappa shape index (κ3) is 4.66. The van der Waals surface area contributed by atoms with Crippen LogP contribution in [0.4, 0.5) is 0 Å². The number of carboxylic acid groups (broad SMARTS) is 1. The second-order valence-electron chi connectivity index (χ2n) is 6.24. The number of thiol groups is 1. The van der Waals surface area contributed by atoms with Gasteiger partial charge in [0.1, 0.15) is 10.4 Å². The number of fused-ring (bicyclic) bond motifs is 1. The van der Waals surface area contributed by atoms with Crippen molar-refractivity contribution in [2.24, 2.45) is 5.92 Å². The van der Waals surface area contributed by atoms with Gasteiger partial charge in [-0.05, 0) is 28.1 Å². The fourth-order valence-electron chi connectivity index (χ4n) is 2.92. The summed E-state index contributed by atoms with van der Waals surface area (Å²) in [4.78, 5) is 27.7. The van der Waals surface area contributed by atoms with E-state index in [1.807, 2.05) is 34.9 Å². The molecule has 0 saturated heterocycles. The number of benzene rings is 2. The summed E-state index contributed by atoms with van der Waals surface area (Å²) in [6.45, 7) is 0. The first kappa shape index (κ1) is 21.4. The number of hydrogen-bond donors (Lipinski definition) is 2. The van der Waals surface area contributed by atoms with Gasteiger partial charge in [0.2, 0.25) is 0 Å². The summed E-state index contributed by atoms with van der Waals surface area (Å²) in [5, 5.41) is 20.8. The summed E-state index contributed by atoms with van der Waals surface area (Å²) in [6.07, 6.45) is 1.58. The molecule has 0 amide bonds. The molecule has 1 aromatic heterocycles. The van der Waals surface area contributed by atoms with Gasteiger partial charge in [-0.15, -0.1) is 0 Å². The van der Waals surface area contributed by atoms with Gasteiger partial charge in [0.05, 0.1) is 35.2 Å². The van der Waals surface area contributed by atoms with Gasteiger partial charge in [-0.1, -0.05) is 36.0 Å². The van der Waals surface area contributed by atoms with E-state index < -0.39 is 11.9 Å². The number of hydrogen-bond acceptors (Lipinski definition) is 6. The summed E-state index contributed by atoms with van der Waals surface area (Å²) < 4.78 is 2.58. The maximum Gasteiger partial charge on any atom is 0.307 e. The first-order valence-corrected chi connectivity index (χ1v) is 11.0. The average molecular weight is 490 g/mol. The Morgan fingerprint density at radius 2 is 2.00 bits per heavy atom. The fraction of sp³-hybridized carbons (Fsp3) is 0.200. The van der Waals surface area contributed by atoms with Crippen molar-refractivity contribution in [3.63, 3.8) is 0 Å². The van der Waals surface area contributed by atoms with E-state index in [2.05, 4.69) is 39.6 Å². The lowest BCUT2D eigenvalue weighted by atomic mass is 10.0. The minimum Gasteiger partial charge on any atom is -0.481 e. The molecule has 0 spiro atoms. The quantitative estimate of drug-likeness (QED) is 0.360. The van der Waals surface area contributed by atoms with Gasteiger partial charge in [0, 0.05) is 22.9 Å². The molecule has 6 nitrogen and oxygen atoms in total. The van der Waals surface area contributed by atoms with Gasteiger partial charge in [-0.3, -0.25) is 14.2 Å². The summed E-state index contributed by atoms with van der Waals surface area (Å²) >= 11 is 8.75. The van der Waals surface area contributed by atoms with Crippen LogP contribution in [0.1, 0.15) is 12.0 Å². The highest BCUT2D eigenvalue weighted by atomic mass is 79.9. The molecule has 2 aromatic carbocycles. The third-order valence-corrected chi connectivity index (χ3v) is 6.37. The van der Waals surface area contributed by atoms with Crippen LogP contribution in [0.5, 0.6) is 0 Å². The molecule has 1 unspecified atom stereocenters. The number of aliphatic carboxylic acids is 1. The van der Waals surface area contributed by atoms with E-state index in [0.717, 1.165) is 16.5 Å². The number of carboxylic acids is 1. The van der Waals surface area contributed by atoms with Crippen LogP contribution in [0.2, 0.25) is 0 Å². The monoisotopic (exact) mass is 489 g/mol. The zero-order valence-electron chi connectivity index (χ0n) is 15.1. The Bertz CT molecular complexity index is 1120. The first-order valence-electron chi connectivity index (χ1n) is 8.60. The van der Waals surface area contributed by atoms with Gasteiger partial charge >= 0.3 is 5.97 Å². The highest BCUT2D eigenvalue weighted by Crippen LogP contribution is 2.32. The molecule has 0 saturated carbocycles. The van der Waals surface area contributed by atoms with Crippen LogP contribution >= 0.6 is 40.3 Å². The molecule has 0 aliphatic rings. The minimum atomic E-state index is -1.02. The molecule has 148 valence electrons. The van der Waals surface area contributed by atoms with Crippen LogP contribution in [0.3, 0.4) is 0 Å². The van der Waals surface area contributed by atoms with Crippen molar-refractivity contribution < 1.29 is 14.7 Å². The second kappa shape index (κ2) is 9.48. The van der Waals surface area contributed by atoms with Crippen molar-refractivity contribution in [3.8, 4) is 11.8 Å². The molecule has 1 atom stereocenters. The SMILES string of the molecule is N#Cc1ccc(-n2c(Br)cnc2SCC(=O)CC(CS)C(=O)O)c2ccccc12. The Morgan fingerprint density at radius 3 is 2.66 bits per heavy atom. The third-order valence-electron chi connectivity index (χ3n) is 4.35. The number of imidazole rings is 1. The van der Waals surface area contributed by atoms with E-state index in [0.29, 0.717) is 15.3 Å².